The van der Waals surface area contributed by atoms with E-state index >= 15 is 0 Å². The van der Waals surface area contributed by atoms with Crippen molar-refractivity contribution in [2.45, 2.75) is 26.8 Å². The fourth-order valence-electron chi connectivity index (χ4n) is 2.66. The van der Waals surface area contributed by atoms with Crippen LogP contribution in [-0.2, 0) is 11.3 Å². The molecule has 0 aliphatic rings. The number of nitrogen functional groups attached to an aromatic ring is 1. The summed E-state index contributed by atoms with van der Waals surface area (Å²) in [5, 5.41) is 0. The van der Waals surface area contributed by atoms with Crippen molar-refractivity contribution in [3.8, 4) is 0 Å². The molecule has 0 aliphatic heterocycles. The van der Waals surface area contributed by atoms with E-state index in [1.807, 2.05) is 6.92 Å². The zero-order valence-corrected chi connectivity index (χ0v) is 15.5. The van der Waals surface area contributed by atoms with Gasteiger partial charge in [-0.1, -0.05) is 13.0 Å². The highest BCUT2D eigenvalue weighted by Crippen LogP contribution is 2.20. The Kier molecular flexibility index (Phi) is 6.51. The van der Waals surface area contributed by atoms with Crippen LogP contribution >= 0.6 is 0 Å². The van der Waals surface area contributed by atoms with Crippen LogP contribution in [0.5, 0.6) is 0 Å². The number of anilines is 2. The molecule has 0 atom stereocenters. The number of amides is 1. The Labute approximate surface area is 155 Å². The molecule has 9 heteroatoms. The van der Waals surface area contributed by atoms with Gasteiger partial charge in [0.25, 0.3) is 11.5 Å². The standard InChI is InChI=1S/C18H23FN4O4/c1-4-7-23-15(20)14(16(24)21-18(23)26)22(8-9-27-3)17(25)12-6-5-11(2)13(19)10-12/h5-6,10H,4,7-9,20H2,1-3H3,(H,21,24,26). The smallest absolute Gasteiger partial charge is 0.330 e. The first-order chi connectivity index (χ1) is 12.8. The van der Waals surface area contributed by atoms with Crippen LogP contribution in [0.2, 0.25) is 0 Å². The van der Waals surface area contributed by atoms with Crippen LogP contribution in [-0.4, -0.2) is 35.7 Å². The van der Waals surface area contributed by atoms with Gasteiger partial charge < -0.3 is 10.5 Å². The van der Waals surface area contributed by atoms with Gasteiger partial charge in [-0.05, 0) is 31.0 Å². The molecule has 2 aromatic rings. The molecule has 0 bridgehead atoms. The average molecular weight is 378 g/mol. The maximum atomic E-state index is 13.9. The van der Waals surface area contributed by atoms with Crippen molar-refractivity contribution in [3.05, 3.63) is 56.0 Å². The summed E-state index contributed by atoms with van der Waals surface area (Å²) in [4.78, 5) is 40.7. The van der Waals surface area contributed by atoms with E-state index in [0.29, 0.717) is 12.0 Å². The minimum Gasteiger partial charge on any atom is -0.383 e. The zero-order chi connectivity index (χ0) is 20.1. The maximum Gasteiger partial charge on any atom is 0.330 e. The number of halogens is 1. The normalized spacial score (nSPS) is 10.8. The number of carbonyl (C=O) groups is 1. The highest BCUT2D eigenvalue weighted by Gasteiger charge is 2.25. The van der Waals surface area contributed by atoms with E-state index in [-0.39, 0.29) is 36.8 Å². The predicted molar refractivity (Wildman–Crippen MR) is 101 cm³/mol. The van der Waals surface area contributed by atoms with Gasteiger partial charge in [-0.15, -0.1) is 0 Å². The molecule has 0 saturated heterocycles. The number of ether oxygens (including phenoxy) is 1. The summed E-state index contributed by atoms with van der Waals surface area (Å²) in [5.74, 6) is -1.28. The SMILES string of the molecule is CCCn1c(N)c(N(CCOC)C(=O)c2ccc(C)c(F)c2)c(=O)[nH]c1=O. The highest BCUT2D eigenvalue weighted by atomic mass is 19.1. The van der Waals surface area contributed by atoms with Crippen molar-refractivity contribution in [2.24, 2.45) is 0 Å². The third kappa shape index (κ3) is 4.25. The summed E-state index contributed by atoms with van der Waals surface area (Å²) >= 11 is 0. The van der Waals surface area contributed by atoms with Crippen LogP contribution in [0.1, 0.15) is 29.3 Å². The van der Waals surface area contributed by atoms with Gasteiger partial charge in [0.2, 0.25) is 0 Å². The Morgan fingerprint density at radius 3 is 2.67 bits per heavy atom. The maximum absolute atomic E-state index is 13.9. The second kappa shape index (κ2) is 8.63. The molecule has 8 nitrogen and oxygen atoms in total. The minimum absolute atomic E-state index is 0.00242. The third-order valence-electron chi connectivity index (χ3n) is 4.11. The second-order valence-corrected chi connectivity index (χ2v) is 6.06. The van der Waals surface area contributed by atoms with E-state index in [1.165, 1.54) is 23.8 Å². The monoisotopic (exact) mass is 378 g/mol. The largest absolute Gasteiger partial charge is 0.383 e. The number of aromatic nitrogens is 2. The molecular formula is C18H23FN4O4. The van der Waals surface area contributed by atoms with Crippen LogP contribution in [0.3, 0.4) is 0 Å². The topological polar surface area (TPSA) is 110 Å². The van der Waals surface area contributed by atoms with Gasteiger partial charge in [-0.2, -0.15) is 0 Å². The summed E-state index contributed by atoms with van der Waals surface area (Å²) < 4.78 is 20.1. The zero-order valence-electron chi connectivity index (χ0n) is 15.5. The Morgan fingerprint density at radius 2 is 2.07 bits per heavy atom. The summed E-state index contributed by atoms with van der Waals surface area (Å²) in [7, 11) is 1.44. The molecule has 27 heavy (non-hydrogen) atoms. The lowest BCUT2D eigenvalue weighted by Crippen LogP contribution is -2.42. The number of nitrogens with one attached hydrogen (secondary N) is 1. The van der Waals surface area contributed by atoms with E-state index in [2.05, 4.69) is 4.98 Å². The molecular weight excluding hydrogens is 355 g/mol. The Morgan fingerprint density at radius 1 is 1.37 bits per heavy atom. The first-order valence-electron chi connectivity index (χ1n) is 8.51. The van der Waals surface area contributed by atoms with E-state index < -0.39 is 23.0 Å². The molecule has 1 amide bonds. The highest BCUT2D eigenvalue weighted by molar-refractivity contribution is 6.07. The summed E-state index contributed by atoms with van der Waals surface area (Å²) in [5.41, 5.74) is 4.90. The van der Waals surface area contributed by atoms with Gasteiger partial charge in [-0.3, -0.25) is 24.0 Å². The van der Waals surface area contributed by atoms with Gasteiger partial charge in [0.1, 0.15) is 11.6 Å². The van der Waals surface area contributed by atoms with Crippen molar-refractivity contribution in [2.75, 3.05) is 30.9 Å². The number of rotatable bonds is 7. The lowest BCUT2D eigenvalue weighted by Gasteiger charge is -2.24. The second-order valence-electron chi connectivity index (χ2n) is 6.06. The van der Waals surface area contributed by atoms with Crippen LogP contribution in [0.25, 0.3) is 0 Å². The molecule has 0 aliphatic carbocycles. The molecule has 0 spiro atoms. The van der Waals surface area contributed by atoms with E-state index in [4.69, 9.17) is 10.5 Å². The van der Waals surface area contributed by atoms with Crippen molar-refractivity contribution in [1.29, 1.82) is 0 Å². The third-order valence-corrected chi connectivity index (χ3v) is 4.11. The first kappa shape index (κ1) is 20.4. The van der Waals surface area contributed by atoms with Crippen LogP contribution in [0, 0.1) is 12.7 Å². The lowest BCUT2D eigenvalue weighted by atomic mass is 10.1. The van der Waals surface area contributed by atoms with Crippen LogP contribution < -0.4 is 21.9 Å². The average Bonchev–Trinajstić information content (AvgIpc) is 2.63. The fraction of sp³-hybridized carbons (Fsp3) is 0.389. The Balaban J connectivity index is 2.61. The predicted octanol–water partition coefficient (Wildman–Crippen LogP) is 1.27. The molecule has 2 rings (SSSR count). The molecule has 1 aromatic carbocycles. The number of hydrogen-bond donors (Lipinski definition) is 2. The quantitative estimate of drug-likeness (QED) is 0.754. The van der Waals surface area contributed by atoms with Gasteiger partial charge in [0.05, 0.1) is 6.61 Å². The van der Waals surface area contributed by atoms with Crippen molar-refractivity contribution in [1.82, 2.24) is 9.55 Å². The van der Waals surface area contributed by atoms with Gasteiger partial charge in [-0.25, -0.2) is 9.18 Å². The van der Waals surface area contributed by atoms with Gasteiger partial charge in [0, 0.05) is 25.8 Å². The molecule has 0 unspecified atom stereocenters. The van der Waals surface area contributed by atoms with Crippen molar-refractivity contribution >= 4 is 17.4 Å². The van der Waals surface area contributed by atoms with Crippen molar-refractivity contribution in [3.63, 3.8) is 0 Å². The number of nitrogens with zero attached hydrogens (tertiary/aromatic N) is 2. The lowest BCUT2D eigenvalue weighted by molar-refractivity contribution is 0.0975. The molecule has 0 fully saturated rings. The van der Waals surface area contributed by atoms with Gasteiger partial charge in [0.15, 0.2) is 5.69 Å². The number of aryl methyl sites for hydroxylation is 1. The molecule has 1 heterocycles. The Hall–Kier alpha value is -2.94. The van der Waals surface area contributed by atoms with E-state index in [9.17, 15) is 18.8 Å². The summed E-state index contributed by atoms with van der Waals surface area (Å²) in [6.45, 7) is 3.82. The summed E-state index contributed by atoms with van der Waals surface area (Å²) in [6, 6.07) is 4.04. The minimum atomic E-state index is -0.790. The molecule has 0 saturated carbocycles. The molecule has 3 N–H and O–H groups in total. The number of hydrogen-bond acceptors (Lipinski definition) is 5. The number of nitrogens with two attached hydrogens (primary N) is 1. The number of H-pyrrole nitrogens is 1. The van der Waals surface area contributed by atoms with E-state index in [1.54, 1.807) is 6.92 Å². The fourth-order valence-corrected chi connectivity index (χ4v) is 2.66. The van der Waals surface area contributed by atoms with Crippen LogP contribution in [0.15, 0.2) is 27.8 Å². The molecule has 1 aromatic heterocycles. The molecule has 146 valence electrons. The number of methoxy groups -OCH3 is 1. The number of benzene rings is 1. The van der Waals surface area contributed by atoms with E-state index in [0.717, 1.165) is 11.0 Å². The van der Waals surface area contributed by atoms with Crippen molar-refractivity contribution < 1.29 is 13.9 Å². The summed E-state index contributed by atoms with van der Waals surface area (Å²) in [6.07, 6.45) is 0.602. The first-order valence-corrected chi connectivity index (χ1v) is 8.51. The Bertz CT molecular complexity index is 951. The van der Waals surface area contributed by atoms with Crippen LogP contribution in [0.4, 0.5) is 15.9 Å². The number of aromatic amines is 1. The number of carbonyl (C=O) groups excluding carboxylic acids is 1. The van der Waals surface area contributed by atoms with Gasteiger partial charge >= 0.3 is 5.69 Å². The molecule has 0 radical (unpaired) electrons.